The molecule has 2 unspecified atom stereocenters. The first kappa shape index (κ1) is 14.8. The normalized spacial score (nSPS) is 27.5. The molecule has 1 aliphatic heterocycles. The van der Waals surface area contributed by atoms with Crippen LogP contribution in [0.2, 0.25) is 0 Å². The van der Waals surface area contributed by atoms with Crippen molar-refractivity contribution in [2.24, 2.45) is 5.92 Å². The van der Waals surface area contributed by atoms with Crippen molar-refractivity contribution in [2.75, 3.05) is 20.2 Å². The molecule has 4 heteroatoms. The summed E-state index contributed by atoms with van der Waals surface area (Å²) < 4.78 is 5.02. The Morgan fingerprint density at radius 1 is 1.42 bits per heavy atom. The number of methoxy groups -OCH3 is 1. The second-order valence-electron chi connectivity index (χ2n) is 6.67. The highest BCUT2D eigenvalue weighted by atomic mass is 16.5. The molecular formula is C15H28N2O2. The van der Waals surface area contributed by atoms with Crippen molar-refractivity contribution in [3.05, 3.63) is 0 Å². The molecule has 0 radical (unpaired) electrons. The molecular weight excluding hydrogens is 240 g/mol. The molecule has 0 spiro atoms. The number of esters is 1. The molecule has 110 valence electrons. The van der Waals surface area contributed by atoms with E-state index in [4.69, 9.17) is 4.74 Å². The highest BCUT2D eigenvalue weighted by Gasteiger charge is 2.42. The Kier molecular flexibility index (Phi) is 4.51. The van der Waals surface area contributed by atoms with E-state index >= 15 is 0 Å². The van der Waals surface area contributed by atoms with E-state index in [-0.39, 0.29) is 5.97 Å². The average molecular weight is 268 g/mol. The lowest BCUT2D eigenvalue weighted by Gasteiger charge is -2.36. The van der Waals surface area contributed by atoms with Crippen molar-refractivity contribution in [1.82, 2.24) is 10.2 Å². The van der Waals surface area contributed by atoms with Crippen LogP contribution in [0.15, 0.2) is 0 Å². The summed E-state index contributed by atoms with van der Waals surface area (Å²) >= 11 is 0. The number of likely N-dealkylation sites (tertiary alicyclic amines) is 1. The minimum absolute atomic E-state index is 0.131. The van der Waals surface area contributed by atoms with E-state index in [1.165, 1.54) is 32.8 Å². The van der Waals surface area contributed by atoms with Gasteiger partial charge in [0, 0.05) is 18.6 Å². The molecule has 0 aromatic carbocycles. The number of hydrogen-bond donors (Lipinski definition) is 1. The number of nitrogens with zero attached hydrogens (tertiary/aromatic N) is 1. The second-order valence-corrected chi connectivity index (χ2v) is 6.67. The molecule has 2 fully saturated rings. The minimum Gasteiger partial charge on any atom is -0.468 e. The predicted octanol–water partition coefficient (Wildman–Crippen LogP) is 1.79. The third-order valence-electron chi connectivity index (χ3n) is 4.44. The minimum atomic E-state index is -0.562. The Balaban J connectivity index is 2.04. The highest BCUT2D eigenvalue weighted by Crippen LogP contribution is 2.28. The molecule has 2 aliphatic rings. The van der Waals surface area contributed by atoms with E-state index in [0.29, 0.717) is 18.0 Å². The molecule has 0 amide bonds. The molecule has 1 saturated heterocycles. The Labute approximate surface area is 116 Å². The van der Waals surface area contributed by atoms with Crippen LogP contribution in [-0.2, 0) is 9.53 Å². The fourth-order valence-electron chi connectivity index (χ4n) is 3.28. The Morgan fingerprint density at radius 2 is 2.11 bits per heavy atom. The molecule has 1 aliphatic carbocycles. The first-order valence-corrected chi connectivity index (χ1v) is 7.56. The van der Waals surface area contributed by atoms with Crippen molar-refractivity contribution < 1.29 is 9.53 Å². The van der Waals surface area contributed by atoms with E-state index in [9.17, 15) is 4.79 Å². The van der Waals surface area contributed by atoms with Gasteiger partial charge in [0.15, 0.2) is 0 Å². The summed E-state index contributed by atoms with van der Waals surface area (Å²) in [5.74, 6) is 0.513. The van der Waals surface area contributed by atoms with Gasteiger partial charge in [-0.15, -0.1) is 0 Å². The van der Waals surface area contributed by atoms with Crippen LogP contribution in [0.4, 0.5) is 0 Å². The van der Waals surface area contributed by atoms with Gasteiger partial charge in [0.1, 0.15) is 5.54 Å². The van der Waals surface area contributed by atoms with E-state index in [2.05, 4.69) is 24.1 Å². The number of rotatable bonds is 6. The standard InChI is InChI=1S/C15H28N2O2/c1-11(2)13-6-5-9-17(13)10-15(3,14(18)19-4)16-12-7-8-12/h11-13,16H,5-10H2,1-4H3. The summed E-state index contributed by atoms with van der Waals surface area (Å²) in [6.45, 7) is 8.40. The van der Waals surface area contributed by atoms with Gasteiger partial charge in [-0.25, -0.2) is 0 Å². The molecule has 2 atom stereocenters. The molecule has 0 aromatic rings. The summed E-state index contributed by atoms with van der Waals surface area (Å²) in [6, 6.07) is 1.11. The van der Waals surface area contributed by atoms with Crippen molar-refractivity contribution in [3.63, 3.8) is 0 Å². The van der Waals surface area contributed by atoms with Gasteiger partial charge in [0.2, 0.25) is 0 Å². The maximum Gasteiger partial charge on any atom is 0.327 e. The molecule has 19 heavy (non-hydrogen) atoms. The van der Waals surface area contributed by atoms with E-state index in [1.807, 2.05) is 6.92 Å². The lowest BCUT2D eigenvalue weighted by molar-refractivity contribution is -0.149. The van der Waals surface area contributed by atoms with Crippen molar-refractivity contribution >= 4 is 5.97 Å². The average Bonchev–Trinajstić information content (AvgIpc) is 3.03. The van der Waals surface area contributed by atoms with Gasteiger partial charge in [0.05, 0.1) is 7.11 Å². The molecule has 0 bridgehead atoms. The van der Waals surface area contributed by atoms with Gasteiger partial charge < -0.3 is 4.74 Å². The SMILES string of the molecule is COC(=O)C(C)(CN1CCCC1C(C)C)NC1CC1. The van der Waals surface area contributed by atoms with Crippen molar-refractivity contribution in [3.8, 4) is 0 Å². The van der Waals surface area contributed by atoms with Crippen LogP contribution >= 0.6 is 0 Å². The maximum absolute atomic E-state index is 12.1. The molecule has 1 N–H and O–H groups in total. The Morgan fingerprint density at radius 3 is 2.63 bits per heavy atom. The lowest BCUT2D eigenvalue weighted by Crippen LogP contribution is -2.59. The molecule has 0 aromatic heterocycles. The molecule has 2 rings (SSSR count). The van der Waals surface area contributed by atoms with E-state index in [0.717, 1.165) is 13.1 Å². The van der Waals surface area contributed by atoms with Gasteiger partial charge in [-0.05, 0) is 45.1 Å². The quantitative estimate of drug-likeness (QED) is 0.746. The third kappa shape index (κ3) is 3.48. The van der Waals surface area contributed by atoms with Gasteiger partial charge in [0.25, 0.3) is 0 Å². The van der Waals surface area contributed by atoms with E-state index in [1.54, 1.807) is 0 Å². The smallest absolute Gasteiger partial charge is 0.327 e. The van der Waals surface area contributed by atoms with Crippen molar-refractivity contribution in [1.29, 1.82) is 0 Å². The number of hydrogen-bond acceptors (Lipinski definition) is 4. The first-order valence-electron chi connectivity index (χ1n) is 7.56. The van der Waals surface area contributed by atoms with Gasteiger partial charge in [-0.3, -0.25) is 15.0 Å². The van der Waals surface area contributed by atoms with Gasteiger partial charge >= 0.3 is 5.97 Å². The van der Waals surface area contributed by atoms with Crippen molar-refractivity contribution in [2.45, 2.75) is 64.1 Å². The topological polar surface area (TPSA) is 41.6 Å². The fraction of sp³-hybridized carbons (Fsp3) is 0.933. The number of nitrogens with one attached hydrogen (secondary N) is 1. The summed E-state index contributed by atoms with van der Waals surface area (Å²) in [7, 11) is 1.49. The summed E-state index contributed by atoms with van der Waals surface area (Å²) in [5.41, 5.74) is -0.562. The number of ether oxygens (including phenoxy) is 1. The fourth-order valence-corrected chi connectivity index (χ4v) is 3.28. The molecule has 1 heterocycles. The lowest BCUT2D eigenvalue weighted by atomic mass is 9.97. The third-order valence-corrected chi connectivity index (χ3v) is 4.44. The molecule has 4 nitrogen and oxygen atoms in total. The Hall–Kier alpha value is -0.610. The second kappa shape index (κ2) is 5.80. The monoisotopic (exact) mass is 268 g/mol. The van der Waals surface area contributed by atoms with E-state index < -0.39 is 5.54 Å². The summed E-state index contributed by atoms with van der Waals surface area (Å²) in [4.78, 5) is 14.6. The van der Waals surface area contributed by atoms with Crippen LogP contribution in [0.3, 0.4) is 0 Å². The summed E-state index contributed by atoms with van der Waals surface area (Å²) in [6.07, 6.45) is 4.85. The highest BCUT2D eigenvalue weighted by molar-refractivity contribution is 5.80. The summed E-state index contributed by atoms with van der Waals surface area (Å²) in [5, 5.41) is 3.49. The zero-order valence-corrected chi connectivity index (χ0v) is 12.7. The number of carbonyl (C=O) groups is 1. The van der Waals surface area contributed by atoms with Gasteiger partial charge in [-0.2, -0.15) is 0 Å². The zero-order chi connectivity index (χ0) is 14.0. The Bertz CT molecular complexity index is 328. The number of carbonyl (C=O) groups excluding carboxylic acids is 1. The predicted molar refractivity (Wildman–Crippen MR) is 76.0 cm³/mol. The zero-order valence-electron chi connectivity index (χ0n) is 12.7. The van der Waals surface area contributed by atoms with Crippen LogP contribution in [0.5, 0.6) is 0 Å². The largest absolute Gasteiger partial charge is 0.468 e. The van der Waals surface area contributed by atoms with Crippen LogP contribution in [0.1, 0.15) is 46.5 Å². The van der Waals surface area contributed by atoms with Crippen LogP contribution < -0.4 is 5.32 Å². The van der Waals surface area contributed by atoms with Crippen LogP contribution in [0.25, 0.3) is 0 Å². The molecule has 1 saturated carbocycles. The first-order chi connectivity index (χ1) is 8.96. The van der Waals surface area contributed by atoms with Crippen LogP contribution in [0, 0.1) is 5.92 Å². The maximum atomic E-state index is 12.1. The van der Waals surface area contributed by atoms with Gasteiger partial charge in [-0.1, -0.05) is 13.8 Å². The van der Waals surface area contributed by atoms with Crippen LogP contribution in [-0.4, -0.2) is 48.7 Å².